The van der Waals surface area contributed by atoms with Gasteiger partial charge in [0.05, 0.1) is 19.3 Å². The first kappa shape index (κ1) is 16.3. The summed E-state index contributed by atoms with van der Waals surface area (Å²) in [6, 6.07) is 9.07. The average Bonchev–Trinajstić information content (AvgIpc) is 3.26. The van der Waals surface area contributed by atoms with Gasteiger partial charge in [0.1, 0.15) is 11.8 Å². The Balaban J connectivity index is 1.61. The number of benzene rings is 1. The number of amides is 1. The molecule has 0 saturated heterocycles. The Kier molecular flexibility index (Phi) is 3.95. The van der Waals surface area contributed by atoms with Crippen LogP contribution in [0.3, 0.4) is 0 Å². The van der Waals surface area contributed by atoms with Crippen LogP contribution in [0.5, 0.6) is 5.75 Å². The van der Waals surface area contributed by atoms with E-state index in [1.165, 1.54) is 0 Å². The molecule has 3 aromatic rings. The number of nitrogens with zero attached hydrogens (tertiary/aromatic N) is 5. The Hall–Kier alpha value is -3.16. The van der Waals surface area contributed by atoms with Crippen LogP contribution in [0.1, 0.15) is 30.0 Å². The van der Waals surface area contributed by atoms with Gasteiger partial charge < -0.3 is 14.2 Å². The minimum absolute atomic E-state index is 0.0191. The summed E-state index contributed by atoms with van der Waals surface area (Å²) in [5.74, 6) is 2.59. The van der Waals surface area contributed by atoms with Crippen molar-refractivity contribution in [3.63, 3.8) is 0 Å². The summed E-state index contributed by atoms with van der Waals surface area (Å²) >= 11 is 0. The molecule has 1 amide bonds. The van der Waals surface area contributed by atoms with Crippen LogP contribution in [-0.2, 0) is 17.9 Å². The lowest BCUT2D eigenvalue weighted by Crippen LogP contribution is -2.41. The molecule has 1 aromatic carbocycles. The first-order chi connectivity index (χ1) is 12.6. The summed E-state index contributed by atoms with van der Waals surface area (Å²) < 4.78 is 12.3. The van der Waals surface area contributed by atoms with Crippen LogP contribution < -0.4 is 4.74 Å². The second kappa shape index (κ2) is 6.29. The number of aromatic nitrogens is 4. The number of methoxy groups -OCH3 is 1. The molecule has 0 fully saturated rings. The Morgan fingerprint density at radius 3 is 2.69 bits per heavy atom. The van der Waals surface area contributed by atoms with E-state index in [0.717, 1.165) is 22.8 Å². The molecule has 3 heterocycles. The lowest BCUT2D eigenvalue weighted by atomic mass is 10.1. The van der Waals surface area contributed by atoms with E-state index >= 15 is 0 Å². The molecule has 1 atom stereocenters. The maximum absolute atomic E-state index is 12.9. The highest BCUT2D eigenvalue weighted by Gasteiger charge is 2.34. The summed E-state index contributed by atoms with van der Waals surface area (Å²) in [7, 11) is 1.63. The predicted octanol–water partition coefficient (Wildman–Crippen LogP) is 2.35. The Morgan fingerprint density at radius 2 is 2.04 bits per heavy atom. The molecule has 8 heteroatoms. The lowest BCUT2D eigenvalue weighted by molar-refractivity contribution is -0.137. The fraction of sp³-hybridized carbons (Fsp3) is 0.333. The number of carbonyl (C=O) groups excluding carboxylic acids is 1. The van der Waals surface area contributed by atoms with Crippen molar-refractivity contribution in [3.05, 3.63) is 47.4 Å². The van der Waals surface area contributed by atoms with Crippen molar-refractivity contribution in [1.82, 2.24) is 24.8 Å². The number of carbonyl (C=O) groups is 1. The average molecular weight is 353 g/mol. The third kappa shape index (κ3) is 2.73. The summed E-state index contributed by atoms with van der Waals surface area (Å²) in [6.07, 6.45) is 0. The van der Waals surface area contributed by atoms with Gasteiger partial charge in [0.15, 0.2) is 5.82 Å². The number of hydrogen-bond donors (Lipinski definition) is 0. The van der Waals surface area contributed by atoms with Crippen LogP contribution in [0, 0.1) is 6.92 Å². The van der Waals surface area contributed by atoms with Crippen molar-refractivity contribution in [1.29, 1.82) is 0 Å². The maximum atomic E-state index is 12.9. The van der Waals surface area contributed by atoms with E-state index in [1.54, 1.807) is 18.1 Å². The minimum atomic E-state index is -0.410. The number of aryl methyl sites for hydroxylation is 1. The second-order valence-electron chi connectivity index (χ2n) is 6.36. The van der Waals surface area contributed by atoms with Gasteiger partial charge >= 0.3 is 0 Å². The normalized spacial score (nSPS) is 16.7. The van der Waals surface area contributed by atoms with Gasteiger partial charge in [-0.25, -0.2) is 0 Å². The van der Waals surface area contributed by atoms with Gasteiger partial charge in [-0.3, -0.25) is 9.36 Å². The number of hydrogen-bond acceptors (Lipinski definition) is 6. The van der Waals surface area contributed by atoms with Gasteiger partial charge in [-0.1, -0.05) is 17.3 Å². The third-order valence-corrected chi connectivity index (χ3v) is 4.54. The lowest BCUT2D eigenvalue weighted by Gasteiger charge is -2.32. The molecule has 0 N–H and O–H groups in total. The van der Waals surface area contributed by atoms with Crippen molar-refractivity contribution in [2.45, 2.75) is 33.0 Å². The van der Waals surface area contributed by atoms with E-state index in [9.17, 15) is 4.79 Å². The smallest absolute Gasteiger partial charge is 0.246 e. The number of fused-ring (bicyclic) bond motifs is 1. The maximum Gasteiger partial charge on any atom is 0.246 e. The first-order valence-electron chi connectivity index (χ1n) is 8.36. The highest BCUT2D eigenvalue weighted by Crippen LogP contribution is 2.29. The van der Waals surface area contributed by atoms with Crippen molar-refractivity contribution in [2.75, 3.05) is 7.11 Å². The quantitative estimate of drug-likeness (QED) is 0.716. The molecule has 8 nitrogen and oxygen atoms in total. The molecule has 2 aromatic heterocycles. The molecule has 0 bridgehead atoms. The van der Waals surface area contributed by atoms with Gasteiger partial charge in [-0.2, -0.15) is 0 Å². The molecule has 4 rings (SSSR count). The fourth-order valence-electron chi connectivity index (χ4n) is 3.18. The van der Waals surface area contributed by atoms with E-state index in [2.05, 4.69) is 15.4 Å². The van der Waals surface area contributed by atoms with Crippen molar-refractivity contribution < 1.29 is 14.1 Å². The Morgan fingerprint density at radius 1 is 1.27 bits per heavy atom. The summed E-state index contributed by atoms with van der Waals surface area (Å²) in [4.78, 5) is 14.7. The molecule has 26 heavy (non-hydrogen) atoms. The van der Waals surface area contributed by atoms with E-state index in [0.29, 0.717) is 24.7 Å². The van der Waals surface area contributed by atoms with Crippen LogP contribution in [0.4, 0.5) is 0 Å². The molecular weight excluding hydrogens is 334 g/mol. The highest BCUT2D eigenvalue weighted by molar-refractivity contribution is 5.81. The van der Waals surface area contributed by atoms with E-state index in [-0.39, 0.29) is 5.91 Å². The molecule has 134 valence electrons. The zero-order chi connectivity index (χ0) is 18.3. The molecule has 0 unspecified atom stereocenters. The Labute approximate surface area is 150 Å². The van der Waals surface area contributed by atoms with Gasteiger partial charge in [-0.05, 0) is 31.5 Å². The predicted molar refractivity (Wildman–Crippen MR) is 92.2 cm³/mol. The van der Waals surface area contributed by atoms with Crippen LogP contribution in [0.25, 0.3) is 11.6 Å². The highest BCUT2D eigenvalue weighted by atomic mass is 16.5. The molecule has 0 spiro atoms. The molecule has 1 aliphatic rings. The largest absolute Gasteiger partial charge is 0.497 e. The number of rotatable bonds is 4. The topological polar surface area (TPSA) is 86.3 Å². The van der Waals surface area contributed by atoms with Crippen molar-refractivity contribution in [2.24, 2.45) is 0 Å². The fourth-order valence-corrected chi connectivity index (χ4v) is 3.18. The van der Waals surface area contributed by atoms with Gasteiger partial charge in [0, 0.05) is 12.6 Å². The van der Waals surface area contributed by atoms with E-state index in [1.807, 2.05) is 42.7 Å². The summed E-state index contributed by atoms with van der Waals surface area (Å²) in [5.41, 5.74) is 1.79. The van der Waals surface area contributed by atoms with Crippen molar-refractivity contribution >= 4 is 5.91 Å². The molecule has 0 aliphatic carbocycles. The van der Waals surface area contributed by atoms with Crippen LogP contribution in [0.15, 0.2) is 34.9 Å². The van der Waals surface area contributed by atoms with Crippen molar-refractivity contribution in [3.8, 4) is 17.3 Å². The minimum Gasteiger partial charge on any atom is -0.497 e. The zero-order valence-corrected chi connectivity index (χ0v) is 14.8. The SMILES string of the molecule is COc1ccc(CN2Cc3nnc(-c4cc(C)no4)n3[C@@H](C)C2=O)cc1. The Bertz CT molecular complexity index is 944. The second-order valence-corrected chi connectivity index (χ2v) is 6.36. The molecule has 0 saturated carbocycles. The molecular formula is C18H19N5O3. The van der Waals surface area contributed by atoms with E-state index < -0.39 is 6.04 Å². The molecule has 1 aliphatic heterocycles. The monoisotopic (exact) mass is 353 g/mol. The van der Waals surface area contributed by atoms with Gasteiger partial charge in [0.2, 0.25) is 17.5 Å². The standard InChI is InChI=1S/C18H19N5O3/c1-11-8-15(26-21-11)17-20-19-16-10-22(18(24)12(2)23(16)17)9-13-4-6-14(25-3)7-5-13/h4-8,12H,9-10H2,1-3H3/t12-/m0/s1. The zero-order valence-electron chi connectivity index (χ0n) is 14.8. The van der Waals surface area contributed by atoms with Crippen LogP contribution >= 0.6 is 0 Å². The third-order valence-electron chi connectivity index (χ3n) is 4.54. The first-order valence-corrected chi connectivity index (χ1v) is 8.36. The summed E-state index contributed by atoms with van der Waals surface area (Å²) in [5, 5.41) is 12.4. The van der Waals surface area contributed by atoms with E-state index in [4.69, 9.17) is 9.26 Å². The van der Waals surface area contributed by atoms with Crippen LogP contribution in [0.2, 0.25) is 0 Å². The van der Waals surface area contributed by atoms with Gasteiger partial charge in [0.25, 0.3) is 0 Å². The summed E-state index contributed by atoms with van der Waals surface area (Å²) in [6.45, 7) is 4.60. The van der Waals surface area contributed by atoms with Gasteiger partial charge in [-0.15, -0.1) is 10.2 Å². The molecule has 0 radical (unpaired) electrons. The van der Waals surface area contributed by atoms with Crippen LogP contribution in [-0.4, -0.2) is 37.8 Å². The number of ether oxygens (including phenoxy) is 1.